The first-order chi connectivity index (χ1) is 8.45. The molecule has 1 rings (SSSR count). The van der Waals surface area contributed by atoms with E-state index in [4.69, 9.17) is 23.2 Å². The van der Waals surface area contributed by atoms with Crippen molar-refractivity contribution in [1.82, 2.24) is 5.32 Å². The van der Waals surface area contributed by atoms with Crippen LogP contribution in [0.25, 0.3) is 0 Å². The maximum Gasteiger partial charge on any atom is 0.325 e. The van der Waals surface area contributed by atoms with Gasteiger partial charge in [-0.05, 0) is 30.7 Å². The molecule has 0 bridgehead atoms. The highest BCUT2D eigenvalue weighted by atomic mass is 35.5. The summed E-state index contributed by atoms with van der Waals surface area (Å²) in [5.41, 5.74) is 1.25. The molecule has 0 saturated heterocycles. The summed E-state index contributed by atoms with van der Waals surface area (Å²) in [6.45, 7) is 1.79. The Balaban J connectivity index is 2.63. The summed E-state index contributed by atoms with van der Waals surface area (Å²) < 4.78 is 4.45. The number of alkyl halides is 1. The molecule has 0 aliphatic carbocycles. The number of hydrogen-bond donors (Lipinski definition) is 1. The van der Waals surface area contributed by atoms with E-state index >= 15 is 0 Å². The van der Waals surface area contributed by atoms with Crippen molar-refractivity contribution in [2.45, 2.75) is 12.3 Å². The van der Waals surface area contributed by atoms with Crippen LogP contribution in [0.4, 0.5) is 0 Å². The fourth-order valence-electron chi connectivity index (χ4n) is 1.37. The van der Waals surface area contributed by atoms with E-state index in [1.165, 1.54) is 7.11 Å². The minimum absolute atomic E-state index is 0.00906. The summed E-state index contributed by atoms with van der Waals surface area (Å²) in [6.07, 6.45) is 0. The number of carbonyl (C=O) groups is 2. The molecule has 0 heterocycles. The molecule has 1 unspecified atom stereocenters. The number of benzene rings is 1. The maximum absolute atomic E-state index is 11.8. The van der Waals surface area contributed by atoms with Crippen LogP contribution in [0.15, 0.2) is 18.2 Å². The highest BCUT2D eigenvalue weighted by Crippen LogP contribution is 2.15. The number of esters is 1. The molecule has 0 fully saturated rings. The number of ether oxygens (including phenoxy) is 1. The molecule has 18 heavy (non-hydrogen) atoms. The molecule has 1 N–H and O–H groups in total. The SMILES string of the molecule is COC(=O)C(Cl)CNC(=O)c1ccc(Cl)cc1C. The van der Waals surface area contributed by atoms with Crippen molar-refractivity contribution < 1.29 is 14.3 Å². The van der Waals surface area contributed by atoms with Gasteiger partial charge < -0.3 is 10.1 Å². The Labute approximate surface area is 115 Å². The second-order valence-corrected chi connectivity index (χ2v) is 4.62. The highest BCUT2D eigenvalue weighted by Gasteiger charge is 2.17. The van der Waals surface area contributed by atoms with E-state index < -0.39 is 11.3 Å². The molecule has 0 spiro atoms. The lowest BCUT2D eigenvalue weighted by molar-refractivity contribution is -0.140. The molecule has 1 amide bonds. The zero-order valence-electron chi connectivity index (χ0n) is 10.00. The smallest absolute Gasteiger partial charge is 0.325 e. The van der Waals surface area contributed by atoms with Crippen LogP contribution in [-0.4, -0.2) is 30.9 Å². The van der Waals surface area contributed by atoms with Crippen LogP contribution in [0.5, 0.6) is 0 Å². The number of carbonyl (C=O) groups excluding carboxylic acids is 2. The second kappa shape index (κ2) is 6.61. The van der Waals surface area contributed by atoms with Crippen molar-refractivity contribution in [3.05, 3.63) is 34.3 Å². The van der Waals surface area contributed by atoms with Crippen LogP contribution in [0.2, 0.25) is 5.02 Å². The van der Waals surface area contributed by atoms with Crippen molar-refractivity contribution >= 4 is 35.1 Å². The topological polar surface area (TPSA) is 55.4 Å². The van der Waals surface area contributed by atoms with Gasteiger partial charge in [0.25, 0.3) is 5.91 Å². The zero-order chi connectivity index (χ0) is 13.7. The summed E-state index contributed by atoms with van der Waals surface area (Å²) in [7, 11) is 1.24. The quantitative estimate of drug-likeness (QED) is 0.683. The lowest BCUT2D eigenvalue weighted by Crippen LogP contribution is -2.34. The minimum Gasteiger partial charge on any atom is -0.468 e. The van der Waals surface area contributed by atoms with Gasteiger partial charge in [0, 0.05) is 17.1 Å². The lowest BCUT2D eigenvalue weighted by Gasteiger charge is -2.10. The Bertz CT molecular complexity index is 463. The van der Waals surface area contributed by atoms with Crippen LogP contribution in [0, 0.1) is 6.92 Å². The summed E-state index contributed by atoms with van der Waals surface area (Å²) in [4.78, 5) is 22.9. The van der Waals surface area contributed by atoms with Gasteiger partial charge in [0.2, 0.25) is 0 Å². The van der Waals surface area contributed by atoms with Gasteiger partial charge in [-0.2, -0.15) is 0 Å². The van der Waals surface area contributed by atoms with E-state index in [9.17, 15) is 9.59 Å². The molecular formula is C12H13Cl2NO3. The molecular weight excluding hydrogens is 277 g/mol. The Hall–Kier alpha value is -1.26. The average molecular weight is 290 g/mol. The number of aryl methyl sites for hydroxylation is 1. The van der Waals surface area contributed by atoms with Gasteiger partial charge in [-0.3, -0.25) is 9.59 Å². The molecule has 1 aromatic rings. The summed E-state index contributed by atoms with van der Waals surface area (Å²) >= 11 is 11.5. The molecule has 4 nitrogen and oxygen atoms in total. The summed E-state index contributed by atoms with van der Waals surface area (Å²) in [6, 6.07) is 4.94. The fourth-order valence-corrected chi connectivity index (χ4v) is 1.76. The fraction of sp³-hybridized carbons (Fsp3) is 0.333. The normalized spacial score (nSPS) is 11.8. The predicted octanol–water partition coefficient (Wildman–Crippen LogP) is 2.16. The van der Waals surface area contributed by atoms with Crippen molar-refractivity contribution in [2.75, 3.05) is 13.7 Å². The average Bonchev–Trinajstić information content (AvgIpc) is 2.34. The molecule has 98 valence electrons. The number of rotatable bonds is 4. The molecule has 1 aromatic carbocycles. The van der Waals surface area contributed by atoms with Crippen LogP contribution < -0.4 is 5.32 Å². The number of halogens is 2. The molecule has 0 aromatic heterocycles. The molecule has 0 aliphatic rings. The second-order valence-electron chi connectivity index (χ2n) is 3.66. The van der Waals surface area contributed by atoms with Crippen molar-refractivity contribution in [3.63, 3.8) is 0 Å². The Morgan fingerprint density at radius 3 is 2.67 bits per heavy atom. The Morgan fingerprint density at radius 2 is 2.11 bits per heavy atom. The summed E-state index contributed by atoms with van der Waals surface area (Å²) in [5, 5.41) is 2.23. The molecule has 0 saturated carbocycles. The third kappa shape index (κ3) is 3.89. The lowest BCUT2D eigenvalue weighted by atomic mass is 10.1. The van der Waals surface area contributed by atoms with Gasteiger partial charge in [-0.1, -0.05) is 11.6 Å². The van der Waals surface area contributed by atoms with E-state index in [1.807, 2.05) is 0 Å². The van der Waals surface area contributed by atoms with Crippen LogP contribution >= 0.6 is 23.2 Å². The maximum atomic E-state index is 11.8. The number of nitrogens with one attached hydrogen (secondary N) is 1. The van der Waals surface area contributed by atoms with Crippen LogP contribution in [0.1, 0.15) is 15.9 Å². The third-order valence-electron chi connectivity index (χ3n) is 2.33. The van der Waals surface area contributed by atoms with Gasteiger partial charge in [0.1, 0.15) is 5.38 Å². The summed E-state index contributed by atoms with van der Waals surface area (Å²) in [5.74, 6) is -0.886. The minimum atomic E-state index is -0.897. The number of hydrogen-bond acceptors (Lipinski definition) is 3. The predicted molar refractivity (Wildman–Crippen MR) is 70.2 cm³/mol. The van der Waals surface area contributed by atoms with Gasteiger partial charge in [-0.15, -0.1) is 11.6 Å². The molecule has 0 aliphatic heterocycles. The van der Waals surface area contributed by atoms with Gasteiger partial charge in [0.15, 0.2) is 0 Å². The first-order valence-electron chi connectivity index (χ1n) is 5.22. The molecule has 6 heteroatoms. The Kier molecular flexibility index (Phi) is 5.44. The first-order valence-corrected chi connectivity index (χ1v) is 6.03. The van der Waals surface area contributed by atoms with E-state index in [0.29, 0.717) is 10.6 Å². The first kappa shape index (κ1) is 14.8. The number of methoxy groups -OCH3 is 1. The van der Waals surface area contributed by atoms with Gasteiger partial charge in [-0.25, -0.2) is 0 Å². The molecule has 0 radical (unpaired) electrons. The van der Waals surface area contributed by atoms with Crippen molar-refractivity contribution in [2.24, 2.45) is 0 Å². The van der Waals surface area contributed by atoms with Crippen LogP contribution in [0.3, 0.4) is 0 Å². The third-order valence-corrected chi connectivity index (χ3v) is 2.90. The number of amides is 1. The molecule has 1 atom stereocenters. The van der Waals surface area contributed by atoms with E-state index in [1.54, 1.807) is 25.1 Å². The zero-order valence-corrected chi connectivity index (χ0v) is 11.5. The van der Waals surface area contributed by atoms with Crippen molar-refractivity contribution in [3.8, 4) is 0 Å². The van der Waals surface area contributed by atoms with Crippen molar-refractivity contribution in [1.29, 1.82) is 0 Å². The van der Waals surface area contributed by atoms with E-state index in [-0.39, 0.29) is 12.5 Å². The van der Waals surface area contributed by atoms with Gasteiger partial charge in [0.05, 0.1) is 7.11 Å². The van der Waals surface area contributed by atoms with Crippen LogP contribution in [-0.2, 0) is 9.53 Å². The largest absolute Gasteiger partial charge is 0.468 e. The Morgan fingerprint density at radius 1 is 1.44 bits per heavy atom. The monoisotopic (exact) mass is 289 g/mol. The highest BCUT2D eigenvalue weighted by molar-refractivity contribution is 6.31. The van der Waals surface area contributed by atoms with E-state index in [2.05, 4.69) is 10.1 Å². The van der Waals surface area contributed by atoms with Gasteiger partial charge >= 0.3 is 5.97 Å². The van der Waals surface area contributed by atoms with E-state index in [0.717, 1.165) is 5.56 Å². The standard InChI is InChI=1S/C12H13Cl2NO3/c1-7-5-8(13)3-4-9(7)11(16)15-6-10(14)12(17)18-2/h3-5,10H,6H2,1-2H3,(H,15,16).